The SMILES string of the molecule is CC(O)CNC(=O)c1c(I)c(N)c(I)c(C(=O)NCC(C)O)c1I. The van der Waals surface area contributed by atoms with Crippen LogP contribution in [0, 0.1) is 10.7 Å². The highest BCUT2D eigenvalue weighted by atomic mass is 127. The maximum Gasteiger partial charge on any atom is 0.253 e. The Balaban J connectivity index is 3.31. The van der Waals surface area contributed by atoms with Crippen LogP contribution in [0.3, 0.4) is 0 Å². The number of amides is 2. The van der Waals surface area contributed by atoms with Crippen LogP contribution in [0.5, 0.6) is 0 Å². The summed E-state index contributed by atoms with van der Waals surface area (Å²) in [7, 11) is 0. The Morgan fingerprint density at radius 2 is 1.25 bits per heavy atom. The molecule has 0 fully saturated rings. The van der Waals surface area contributed by atoms with E-state index >= 15 is 0 Å². The van der Waals surface area contributed by atoms with Gasteiger partial charge in [0.2, 0.25) is 0 Å². The van der Waals surface area contributed by atoms with Gasteiger partial charge in [-0.3, -0.25) is 9.59 Å². The van der Waals surface area contributed by atoms with Crippen LogP contribution in [0.15, 0.2) is 0 Å². The molecule has 0 aliphatic rings. The number of nitrogens with two attached hydrogens (primary N) is 1. The summed E-state index contributed by atoms with van der Waals surface area (Å²) in [4.78, 5) is 24.9. The first-order chi connectivity index (χ1) is 11.1. The topological polar surface area (TPSA) is 125 Å². The Morgan fingerprint density at radius 1 is 0.917 bits per heavy atom. The van der Waals surface area contributed by atoms with Crippen molar-refractivity contribution >= 4 is 85.3 Å². The average molecular weight is 673 g/mol. The average Bonchev–Trinajstić information content (AvgIpc) is 2.49. The molecular formula is C14H18I3N3O4. The summed E-state index contributed by atoms with van der Waals surface area (Å²) < 4.78 is 1.58. The zero-order chi connectivity index (χ0) is 18.6. The summed E-state index contributed by atoms with van der Waals surface area (Å²) in [5.41, 5.74) is 7.02. The maximum absolute atomic E-state index is 12.4. The highest BCUT2D eigenvalue weighted by molar-refractivity contribution is 14.1. The van der Waals surface area contributed by atoms with Gasteiger partial charge in [0, 0.05) is 16.7 Å². The fourth-order valence-electron chi connectivity index (χ4n) is 1.74. The summed E-state index contributed by atoms with van der Waals surface area (Å²) >= 11 is 5.88. The van der Waals surface area contributed by atoms with E-state index in [0.29, 0.717) is 27.5 Å². The number of nitrogen functional groups attached to an aromatic ring is 1. The number of anilines is 1. The third kappa shape index (κ3) is 5.54. The molecule has 134 valence electrons. The highest BCUT2D eigenvalue weighted by Crippen LogP contribution is 2.33. The lowest BCUT2D eigenvalue weighted by Crippen LogP contribution is -2.34. The molecule has 0 aliphatic carbocycles. The van der Waals surface area contributed by atoms with E-state index in [4.69, 9.17) is 5.73 Å². The lowest BCUT2D eigenvalue weighted by molar-refractivity contribution is 0.0919. The van der Waals surface area contributed by atoms with Crippen molar-refractivity contribution in [3.05, 3.63) is 21.8 Å². The molecular weight excluding hydrogens is 655 g/mol. The Kier molecular flexibility index (Phi) is 8.92. The van der Waals surface area contributed by atoms with Crippen LogP contribution in [-0.2, 0) is 0 Å². The van der Waals surface area contributed by atoms with E-state index in [0.717, 1.165) is 0 Å². The monoisotopic (exact) mass is 673 g/mol. The number of carbonyl (C=O) groups is 2. The molecule has 1 aromatic rings. The smallest absolute Gasteiger partial charge is 0.253 e. The summed E-state index contributed by atoms with van der Waals surface area (Å²) in [6, 6.07) is 0. The van der Waals surface area contributed by atoms with Crippen LogP contribution in [-0.4, -0.2) is 47.3 Å². The van der Waals surface area contributed by atoms with E-state index in [9.17, 15) is 19.8 Å². The molecule has 7 nitrogen and oxygen atoms in total. The van der Waals surface area contributed by atoms with Gasteiger partial charge in [-0.15, -0.1) is 0 Å². The lowest BCUT2D eigenvalue weighted by Gasteiger charge is -2.17. The Hall–Kier alpha value is 0.0700. The van der Waals surface area contributed by atoms with Crippen LogP contribution < -0.4 is 16.4 Å². The second kappa shape index (κ2) is 9.68. The minimum atomic E-state index is -0.681. The van der Waals surface area contributed by atoms with E-state index in [2.05, 4.69) is 10.6 Å². The van der Waals surface area contributed by atoms with Gasteiger partial charge in [-0.2, -0.15) is 0 Å². The van der Waals surface area contributed by atoms with Crippen LogP contribution in [0.25, 0.3) is 0 Å². The van der Waals surface area contributed by atoms with Gasteiger partial charge >= 0.3 is 0 Å². The summed E-state index contributed by atoms with van der Waals surface area (Å²) in [5.74, 6) is -0.810. The summed E-state index contributed by atoms with van der Waals surface area (Å²) in [5, 5.41) is 23.9. The molecule has 6 N–H and O–H groups in total. The third-order valence-electron chi connectivity index (χ3n) is 2.92. The number of nitrogens with one attached hydrogen (secondary N) is 2. The third-order valence-corrected chi connectivity index (χ3v) is 6.24. The lowest BCUT2D eigenvalue weighted by atomic mass is 10.1. The van der Waals surface area contributed by atoms with Gasteiger partial charge in [0.25, 0.3) is 11.8 Å². The zero-order valence-corrected chi connectivity index (χ0v) is 19.5. The molecule has 2 atom stereocenters. The first-order valence-electron chi connectivity index (χ1n) is 6.96. The van der Waals surface area contributed by atoms with Gasteiger partial charge in [0.15, 0.2) is 0 Å². The fourth-order valence-corrected chi connectivity index (χ4v) is 5.89. The first-order valence-corrected chi connectivity index (χ1v) is 10.2. The van der Waals surface area contributed by atoms with E-state index in [1.807, 2.05) is 67.8 Å². The number of hydrogen-bond acceptors (Lipinski definition) is 5. The number of aliphatic hydroxyl groups is 2. The predicted molar refractivity (Wildman–Crippen MR) is 117 cm³/mol. The number of benzene rings is 1. The van der Waals surface area contributed by atoms with Gasteiger partial charge in [-0.05, 0) is 81.6 Å². The summed E-state index contributed by atoms with van der Waals surface area (Å²) in [6.07, 6.45) is -1.36. The van der Waals surface area contributed by atoms with Crippen LogP contribution in [0.2, 0.25) is 0 Å². The molecule has 0 spiro atoms. The number of carbonyl (C=O) groups excluding carboxylic acids is 2. The molecule has 0 radical (unpaired) electrons. The molecule has 0 saturated heterocycles. The second-order valence-corrected chi connectivity index (χ2v) is 8.46. The zero-order valence-electron chi connectivity index (χ0n) is 13.0. The molecule has 0 saturated carbocycles. The first kappa shape index (κ1) is 22.1. The number of aliphatic hydroxyl groups excluding tert-OH is 2. The number of hydrogen-bond donors (Lipinski definition) is 5. The fraction of sp³-hybridized carbons (Fsp3) is 0.429. The van der Waals surface area contributed by atoms with Crippen molar-refractivity contribution in [1.29, 1.82) is 0 Å². The maximum atomic E-state index is 12.4. The van der Waals surface area contributed by atoms with Gasteiger partial charge in [0.1, 0.15) is 0 Å². The van der Waals surface area contributed by atoms with Gasteiger partial charge in [-0.1, -0.05) is 0 Å². The predicted octanol–water partition coefficient (Wildman–Crippen LogP) is 1.30. The number of halogens is 3. The minimum Gasteiger partial charge on any atom is -0.397 e. The largest absolute Gasteiger partial charge is 0.397 e. The highest BCUT2D eigenvalue weighted by Gasteiger charge is 2.26. The van der Waals surface area contributed by atoms with E-state index in [-0.39, 0.29) is 13.1 Å². The molecule has 0 bridgehead atoms. The van der Waals surface area contributed by atoms with Crippen molar-refractivity contribution < 1.29 is 19.8 Å². The van der Waals surface area contributed by atoms with Crippen LogP contribution in [0.1, 0.15) is 34.6 Å². The molecule has 0 heterocycles. The van der Waals surface area contributed by atoms with E-state index in [1.165, 1.54) is 0 Å². The Bertz CT molecular complexity index is 600. The molecule has 2 amide bonds. The molecule has 0 aliphatic heterocycles. The van der Waals surface area contributed by atoms with E-state index in [1.54, 1.807) is 13.8 Å². The van der Waals surface area contributed by atoms with Crippen molar-refractivity contribution in [1.82, 2.24) is 10.6 Å². The Morgan fingerprint density at radius 3 is 1.54 bits per heavy atom. The van der Waals surface area contributed by atoms with Crippen LogP contribution >= 0.6 is 67.8 Å². The van der Waals surface area contributed by atoms with Crippen molar-refractivity contribution in [3.8, 4) is 0 Å². The Labute approximate surface area is 180 Å². The van der Waals surface area contributed by atoms with Crippen molar-refractivity contribution in [2.24, 2.45) is 0 Å². The molecule has 2 unspecified atom stereocenters. The van der Waals surface area contributed by atoms with Crippen molar-refractivity contribution in [3.63, 3.8) is 0 Å². The van der Waals surface area contributed by atoms with Gasteiger partial charge in [-0.25, -0.2) is 0 Å². The van der Waals surface area contributed by atoms with Crippen LogP contribution in [0.4, 0.5) is 5.69 Å². The standard InChI is InChI=1S/C14H18I3N3O4/c1-5(21)3-19-13(23)7-9(15)8(11(17)12(18)10(7)16)14(24)20-4-6(2)22/h5-6,21-22H,3-4,18H2,1-2H3,(H,19,23)(H,20,24). The molecule has 0 aromatic heterocycles. The molecule has 24 heavy (non-hydrogen) atoms. The van der Waals surface area contributed by atoms with Crippen molar-refractivity contribution in [2.45, 2.75) is 26.1 Å². The number of rotatable bonds is 6. The molecule has 10 heteroatoms. The second-order valence-electron chi connectivity index (χ2n) is 5.22. The minimum absolute atomic E-state index is 0.0977. The molecule has 1 aromatic carbocycles. The van der Waals surface area contributed by atoms with Gasteiger partial charge < -0.3 is 26.6 Å². The summed E-state index contributed by atoms with van der Waals surface area (Å²) in [6.45, 7) is 3.32. The normalized spacial score (nSPS) is 13.3. The van der Waals surface area contributed by atoms with Gasteiger partial charge in [0.05, 0.1) is 36.2 Å². The van der Waals surface area contributed by atoms with E-state index < -0.39 is 24.0 Å². The molecule has 1 rings (SSSR count). The van der Waals surface area contributed by atoms with Crippen molar-refractivity contribution in [2.75, 3.05) is 18.8 Å². The quantitative estimate of drug-likeness (QED) is 0.230.